The van der Waals surface area contributed by atoms with E-state index in [1.165, 1.54) is 0 Å². The predicted octanol–water partition coefficient (Wildman–Crippen LogP) is 1.32. The van der Waals surface area contributed by atoms with Crippen molar-refractivity contribution in [3.63, 3.8) is 0 Å². The number of hydrogen-bond acceptors (Lipinski definition) is 7. The lowest BCUT2D eigenvalue weighted by molar-refractivity contribution is 0.121. The van der Waals surface area contributed by atoms with Crippen LogP contribution in [0.25, 0.3) is 0 Å². The molecule has 0 saturated carbocycles. The molecule has 0 aliphatic carbocycles. The number of nitrogens with zero attached hydrogens (tertiary/aromatic N) is 4. The van der Waals surface area contributed by atoms with Gasteiger partial charge in [0.25, 0.3) is 0 Å². The maximum absolute atomic E-state index is 5.54. The Hall–Kier alpha value is -1.63. The van der Waals surface area contributed by atoms with Crippen LogP contribution in [0.1, 0.15) is 26.7 Å². The molecule has 1 fully saturated rings. The predicted molar refractivity (Wildman–Crippen MR) is 77.4 cm³/mol. The van der Waals surface area contributed by atoms with Gasteiger partial charge in [-0.25, -0.2) is 0 Å². The molecule has 112 valence electrons. The smallest absolute Gasteiger partial charge is 0.323 e. The molecule has 7 heteroatoms. The third kappa shape index (κ3) is 3.69. The molecular weight excluding hydrogens is 258 g/mol. The van der Waals surface area contributed by atoms with Crippen molar-refractivity contribution >= 4 is 11.9 Å². The lowest BCUT2D eigenvalue weighted by Gasteiger charge is -2.17. The molecule has 1 aromatic heterocycles. The summed E-state index contributed by atoms with van der Waals surface area (Å²) in [5, 5.41) is 3.11. The lowest BCUT2D eigenvalue weighted by Crippen LogP contribution is -2.25. The first kappa shape index (κ1) is 14.8. The largest absolute Gasteiger partial charge is 0.463 e. The minimum atomic E-state index is 0.245. The number of methoxy groups -OCH3 is 1. The second kappa shape index (κ2) is 7.23. The van der Waals surface area contributed by atoms with Crippen LogP contribution >= 0.6 is 0 Å². The molecule has 0 amide bonds. The van der Waals surface area contributed by atoms with Gasteiger partial charge in [-0.15, -0.1) is 0 Å². The molecule has 2 rings (SSSR count). The van der Waals surface area contributed by atoms with Crippen LogP contribution in [0.15, 0.2) is 0 Å². The Kier molecular flexibility index (Phi) is 5.34. The van der Waals surface area contributed by atoms with E-state index in [-0.39, 0.29) is 6.10 Å². The van der Waals surface area contributed by atoms with Gasteiger partial charge in [0.1, 0.15) is 0 Å². The molecule has 1 aliphatic rings. The van der Waals surface area contributed by atoms with E-state index in [2.05, 4.69) is 32.1 Å². The van der Waals surface area contributed by atoms with Crippen molar-refractivity contribution in [2.24, 2.45) is 0 Å². The molecule has 20 heavy (non-hydrogen) atoms. The third-order valence-electron chi connectivity index (χ3n) is 3.13. The summed E-state index contributed by atoms with van der Waals surface area (Å²) in [6.07, 6.45) is 2.16. The molecular formula is C13H23N5O2. The van der Waals surface area contributed by atoms with Gasteiger partial charge in [-0.05, 0) is 19.8 Å². The fraction of sp³-hybridized carbons (Fsp3) is 0.769. The minimum Gasteiger partial charge on any atom is -0.463 e. The van der Waals surface area contributed by atoms with Gasteiger partial charge in [0.2, 0.25) is 11.9 Å². The SMILES string of the molecule is CCCOc1nc(NCC)nc(N2CCC(OC)C2)n1. The first-order valence-electron chi connectivity index (χ1n) is 7.17. The average Bonchev–Trinajstić information content (AvgIpc) is 2.94. The number of nitrogens with one attached hydrogen (secondary N) is 1. The first-order valence-corrected chi connectivity index (χ1v) is 7.17. The van der Waals surface area contributed by atoms with Crippen molar-refractivity contribution in [1.82, 2.24) is 15.0 Å². The third-order valence-corrected chi connectivity index (χ3v) is 3.13. The topological polar surface area (TPSA) is 72.4 Å². The second-order valence-corrected chi connectivity index (χ2v) is 4.71. The highest BCUT2D eigenvalue weighted by Gasteiger charge is 2.25. The molecule has 1 saturated heterocycles. The van der Waals surface area contributed by atoms with Gasteiger partial charge in [0.15, 0.2) is 0 Å². The zero-order valence-electron chi connectivity index (χ0n) is 12.4. The monoisotopic (exact) mass is 281 g/mol. The van der Waals surface area contributed by atoms with Crippen molar-refractivity contribution in [2.75, 3.05) is 43.6 Å². The maximum Gasteiger partial charge on any atom is 0.323 e. The lowest BCUT2D eigenvalue weighted by atomic mass is 10.3. The number of hydrogen-bond donors (Lipinski definition) is 1. The number of ether oxygens (including phenoxy) is 2. The zero-order valence-corrected chi connectivity index (χ0v) is 12.4. The van der Waals surface area contributed by atoms with Gasteiger partial charge in [-0.1, -0.05) is 6.92 Å². The fourth-order valence-corrected chi connectivity index (χ4v) is 2.08. The molecule has 7 nitrogen and oxygen atoms in total. The highest BCUT2D eigenvalue weighted by Crippen LogP contribution is 2.21. The Morgan fingerprint density at radius 1 is 1.30 bits per heavy atom. The molecule has 0 spiro atoms. The molecule has 0 bridgehead atoms. The van der Waals surface area contributed by atoms with E-state index < -0.39 is 0 Å². The molecule has 1 aliphatic heterocycles. The maximum atomic E-state index is 5.54. The Bertz CT molecular complexity index is 429. The van der Waals surface area contributed by atoms with Crippen LogP contribution in [0.5, 0.6) is 6.01 Å². The zero-order chi connectivity index (χ0) is 14.4. The molecule has 1 unspecified atom stereocenters. The summed E-state index contributed by atoms with van der Waals surface area (Å²) in [6, 6.07) is 0.383. The van der Waals surface area contributed by atoms with Gasteiger partial charge in [-0.2, -0.15) is 15.0 Å². The summed E-state index contributed by atoms with van der Waals surface area (Å²) in [4.78, 5) is 15.2. The van der Waals surface area contributed by atoms with Crippen LogP contribution in [0.4, 0.5) is 11.9 Å². The fourth-order valence-electron chi connectivity index (χ4n) is 2.08. The summed E-state index contributed by atoms with van der Waals surface area (Å²) in [5.41, 5.74) is 0. The summed E-state index contributed by atoms with van der Waals surface area (Å²) in [5.74, 6) is 1.21. The normalized spacial score (nSPS) is 18.4. The molecule has 0 radical (unpaired) electrons. The van der Waals surface area contributed by atoms with E-state index in [0.717, 1.165) is 32.5 Å². The Balaban J connectivity index is 2.15. The average molecular weight is 281 g/mol. The van der Waals surface area contributed by atoms with Gasteiger partial charge >= 0.3 is 6.01 Å². The second-order valence-electron chi connectivity index (χ2n) is 4.71. The molecule has 1 N–H and O–H groups in total. The Labute approximate surface area is 119 Å². The van der Waals surface area contributed by atoms with E-state index in [1.807, 2.05) is 6.92 Å². The Morgan fingerprint density at radius 3 is 2.80 bits per heavy atom. The van der Waals surface area contributed by atoms with E-state index in [9.17, 15) is 0 Å². The van der Waals surface area contributed by atoms with E-state index in [4.69, 9.17) is 9.47 Å². The van der Waals surface area contributed by atoms with Crippen LogP contribution in [-0.4, -0.2) is 54.4 Å². The molecule has 1 atom stereocenters. The van der Waals surface area contributed by atoms with Crippen LogP contribution < -0.4 is 15.0 Å². The summed E-state index contributed by atoms with van der Waals surface area (Å²) in [7, 11) is 1.74. The van der Waals surface area contributed by atoms with E-state index >= 15 is 0 Å². The molecule has 2 heterocycles. The number of rotatable bonds is 7. The van der Waals surface area contributed by atoms with Crippen LogP contribution in [0.3, 0.4) is 0 Å². The molecule has 0 aromatic carbocycles. The highest BCUT2D eigenvalue weighted by molar-refractivity contribution is 5.39. The summed E-state index contributed by atoms with van der Waals surface area (Å²) < 4.78 is 10.9. The van der Waals surface area contributed by atoms with E-state index in [0.29, 0.717) is 24.5 Å². The number of anilines is 2. The minimum absolute atomic E-state index is 0.245. The van der Waals surface area contributed by atoms with Crippen LogP contribution in [-0.2, 0) is 4.74 Å². The standard InChI is InChI=1S/C13H23N5O2/c1-4-8-20-13-16-11(14-5-2)15-12(17-13)18-7-6-10(9-18)19-3/h10H,4-9H2,1-3H3,(H,14,15,16,17). The van der Waals surface area contributed by atoms with Gasteiger partial charge in [-0.3, -0.25) is 0 Å². The van der Waals surface area contributed by atoms with Crippen LogP contribution in [0.2, 0.25) is 0 Å². The van der Waals surface area contributed by atoms with E-state index in [1.54, 1.807) is 7.11 Å². The van der Waals surface area contributed by atoms with Gasteiger partial charge < -0.3 is 19.7 Å². The van der Waals surface area contributed by atoms with Crippen molar-refractivity contribution in [2.45, 2.75) is 32.8 Å². The van der Waals surface area contributed by atoms with Crippen molar-refractivity contribution < 1.29 is 9.47 Å². The highest BCUT2D eigenvalue weighted by atomic mass is 16.5. The Morgan fingerprint density at radius 2 is 2.15 bits per heavy atom. The van der Waals surface area contributed by atoms with Crippen LogP contribution in [0, 0.1) is 0 Å². The van der Waals surface area contributed by atoms with Gasteiger partial charge in [0.05, 0.1) is 12.7 Å². The molecule has 1 aromatic rings. The van der Waals surface area contributed by atoms with Gasteiger partial charge in [0, 0.05) is 26.7 Å². The first-order chi connectivity index (χ1) is 9.76. The summed E-state index contributed by atoms with van der Waals surface area (Å²) in [6.45, 7) is 7.12. The van der Waals surface area contributed by atoms with Crippen molar-refractivity contribution in [3.8, 4) is 6.01 Å². The van der Waals surface area contributed by atoms with Crippen molar-refractivity contribution in [3.05, 3.63) is 0 Å². The van der Waals surface area contributed by atoms with Crippen molar-refractivity contribution in [1.29, 1.82) is 0 Å². The number of aromatic nitrogens is 3. The quantitative estimate of drug-likeness (QED) is 0.808. The summed E-state index contributed by atoms with van der Waals surface area (Å²) >= 11 is 0.